The van der Waals surface area contributed by atoms with E-state index >= 15 is 0 Å². The first-order valence-electron chi connectivity index (χ1n) is 22.3. The highest BCUT2D eigenvalue weighted by atomic mass is 16.4. The zero-order chi connectivity index (χ0) is 40.3. The smallest absolute Gasteiger partial charge is 0.308 e. The second-order valence-corrected chi connectivity index (χ2v) is 18.7. The maximum absolute atomic E-state index is 13.8. The predicted molar refractivity (Wildman–Crippen MR) is 231 cm³/mol. The Bertz CT molecular complexity index is 2140. The molecule has 306 valence electrons. The number of rotatable bonds is 13. The van der Waals surface area contributed by atoms with Crippen molar-refractivity contribution < 1.29 is 24.9 Å². The number of nitrogens with two attached hydrogens (primary N) is 1. The number of phenols is 1. The van der Waals surface area contributed by atoms with Crippen LogP contribution in [0, 0.1) is 41.4 Å². The van der Waals surface area contributed by atoms with Gasteiger partial charge in [-0.1, -0.05) is 115 Å². The molecular formula is C52H63NO5. The number of hydrogen-bond donors (Lipinski definition) is 4. The first-order valence-corrected chi connectivity index (χ1v) is 22.3. The maximum Gasteiger partial charge on any atom is 0.308 e. The van der Waals surface area contributed by atoms with Gasteiger partial charge in [0.2, 0.25) is 0 Å². The van der Waals surface area contributed by atoms with E-state index in [1.807, 2.05) is 12.1 Å². The number of hydrogen-bond acceptors (Lipinski definition) is 5. The second kappa shape index (κ2) is 17.5. The van der Waals surface area contributed by atoms with Gasteiger partial charge in [-0.05, 0) is 147 Å². The van der Waals surface area contributed by atoms with Crippen LogP contribution < -0.4 is 16.2 Å². The summed E-state index contributed by atoms with van der Waals surface area (Å²) in [5.74, 6) is -0.568. The molecule has 5 N–H and O–H groups in total. The number of unbranched alkanes of at least 4 members (excludes halogenated alkanes) is 2. The van der Waals surface area contributed by atoms with E-state index in [2.05, 4.69) is 85.0 Å². The number of phenolic OH excluding ortho intramolecular Hbond substituents is 1. The summed E-state index contributed by atoms with van der Waals surface area (Å²) in [5.41, 5.74) is 11.2. The number of aliphatic carboxylic acids is 1. The molecule has 9 unspecified atom stereocenters. The molecule has 9 atom stereocenters. The first kappa shape index (κ1) is 40.5. The van der Waals surface area contributed by atoms with Crippen molar-refractivity contribution in [1.29, 1.82) is 0 Å². The Morgan fingerprint density at radius 3 is 2.38 bits per heavy atom. The Morgan fingerprint density at radius 2 is 1.64 bits per heavy atom. The molecule has 3 aromatic rings. The Labute approximate surface area is 344 Å². The minimum absolute atomic E-state index is 0.0642. The molecule has 0 radical (unpaired) electrons. The number of carboxylic acids is 1. The molecule has 6 aliphatic rings. The van der Waals surface area contributed by atoms with E-state index in [0.29, 0.717) is 18.4 Å². The Kier molecular flexibility index (Phi) is 12.2. The fourth-order valence-corrected chi connectivity index (χ4v) is 12.6. The standard InChI is InChI=1S/C52H63NO5/c53-24-21-35-13-14-40(25-35)42(33-54)10-2-1-3-11-46-27-36-19-22-51(46,45-15-17-48(56)18-16-45)31-37-7-6-12-47(28-37)52(49(50(57)58)44(26-36)34-55)23-20-41-29-38-8-4-5-9-39(38)30-43(41)32-52/h4-9,12,15-18,25-26,28-30,33,40-44,46,49,55-56H,1-3,10-11,13-14,19-24,27,31-32,34,53H2,(H,57,58). The zero-order valence-corrected chi connectivity index (χ0v) is 34.1. The van der Waals surface area contributed by atoms with Crippen molar-refractivity contribution in [3.63, 3.8) is 0 Å². The fourth-order valence-electron chi connectivity index (χ4n) is 12.6. The monoisotopic (exact) mass is 781 g/mol. The number of aliphatic hydroxyl groups excluding tert-OH is 1. The van der Waals surface area contributed by atoms with E-state index in [1.165, 1.54) is 39.0 Å². The van der Waals surface area contributed by atoms with E-state index in [-0.39, 0.29) is 35.5 Å². The molecule has 58 heavy (non-hydrogen) atoms. The summed E-state index contributed by atoms with van der Waals surface area (Å²) >= 11 is 0. The lowest BCUT2D eigenvalue weighted by molar-refractivity contribution is -0.148. The number of carboxylic acid groups (broad SMARTS) is 1. The molecule has 4 bridgehead atoms. The van der Waals surface area contributed by atoms with Gasteiger partial charge in [0.15, 0.2) is 0 Å². The molecule has 0 aromatic heterocycles. The van der Waals surface area contributed by atoms with Gasteiger partial charge in [0.25, 0.3) is 0 Å². The van der Waals surface area contributed by atoms with E-state index in [0.717, 1.165) is 102 Å². The van der Waals surface area contributed by atoms with Crippen molar-refractivity contribution >= 4 is 24.4 Å². The van der Waals surface area contributed by atoms with Gasteiger partial charge in [-0.15, -0.1) is 0 Å². The summed E-state index contributed by atoms with van der Waals surface area (Å²) in [7, 11) is 0. The summed E-state index contributed by atoms with van der Waals surface area (Å²) in [4.78, 5) is 26.0. The molecule has 2 saturated carbocycles. The number of allylic oxidation sites excluding steroid dienone is 2. The van der Waals surface area contributed by atoms with Crippen LogP contribution in [-0.2, 0) is 26.8 Å². The Balaban J connectivity index is 1.13. The number of carbonyl (C=O) groups is 2. The lowest BCUT2D eigenvalue weighted by Crippen LogP contribution is -2.50. The molecular weight excluding hydrogens is 719 g/mol. The maximum atomic E-state index is 13.8. The molecule has 3 aromatic carbocycles. The predicted octanol–water partition coefficient (Wildman–Crippen LogP) is 8.30. The molecule has 0 saturated heterocycles. The van der Waals surface area contributed by atoms with Crippen LogP contribution in [0.15, 0.2) is 96.1 Å². The van der Waals surface area contributed by atoms with Crippen molar-refractivity contribution in [3.05, 3.63) is 123 Å². The summed E-state index contributed by atoms with van der Waals surface area (Å²) in [6.07, 6.45) is 24.4. The Morgan fingerprint density at radius 1 is 0.845 bits per heavy atom. The SMILES string of the molecule is NCCC1=CC(C(C=O)CCCCCC2CC3=CC(CO)C(C(=O)O)C4(CCC5C=c6ccccc6=CC5C4)c4cccc(c4)CC2(c2ccc(O)cc2)CC3)CC1. The van der Waals surface area contributed by atoms with Gasteiger partial charge >= 0.3 is 5.97 Å². The number of carbonyl (C=O) groups excluding carboxylic acids is 1. The highest BCUT2D eigenvalue weighted by Gasteiger charge is 2.53. The van der Waals surface area contributed by atoms with Gasteiger partial charge in [0, 0.05) is 22.7 Å². The van der Waals surface area contributed by atoms with Crippen molar-refractivity contribution in [1.82, 2.24) is 0 Å². The largest absolute Gasteiger partial charge is 0.508 e. The van der Waals surface area contributed by atoms with Gasteiger partial charge in [-0.3, -0.25) is 4.79 Å². The average molecular weight is 782 g/mol. The molecule has 0 aliphatic heterocycles. The molecule has 0 amide bonds. The Hall–Kier alpha value is -4.26. The average Bonchev–Trinajstić information content (AvgIpc) is 3.70. The van der Waals surface area contributed by atoms with Crippen LogP contribution >= 0.6 is 0 Å². The minimum Gasteiger partial charge on any atom is -0.508 e. The quantitative estimate of drug-likeness (QED) is 0.0787. The molecule has 2 fully saturated rings. The molecule has 1 spiro atoms. The summed E-state index contributed by atoms with van der Waals surface area (Å²) in [5, 5.41) is 35.4. The van der Waals surface area contributed by atoms with E-state index in [4.69, 9.17) is 5.73 Å². The molecule has 6 heteroatoms. The van der Waals surface area contributed by atoms with Crippen molar-refractivity contribution in [2.75, 3.05) is 13.2 Å². The van der Waals surface area contributed by atoms with Gasteiger partial charge in [0.1, 0.15) is 12.0 Å². The van der Waals surface area contributed by atoms with Crippen LogP contribution in [-0.4, -0.2) is 40.7 Å². The lowest BCUT2D eigenvalue weighted by atomic mass is 9.53. The number of aldehydes is 1. The highest BCUT2D eigenvalue weighted by molar-refractivity contribution is 5.74. The third kappa shape index (κ3) is 8.04. The van der Waals surface area contributed by atoms with Gasteiger partial charge < -0.3 is 25.8 Å². The minimum atomic E-state index is -0.819. The third-order valence-corrected chi connectivity index (χ3v) is 15.5. The molecule has 9 rings (SSSR count). The number of benzene rings is 3. The van der Waals surface area contributed by atoms with E-state index < -0.39 is 23.2 Å². The van der Waals surface area contributed by atoms with Crippen molar-refractivity contribution in [3.8, 4) is 5.75 Å². The van der Waals surface area contributed by atoms with Crippen LogP contribution in [0.2, 0.25) is 0 Å². The molecule has 6 nitrogen and oxygen atoms in total. The lowest BCUT2D eigenvalue weighted by Gasteiger charge is -2.50. The normalized spacial score (nSPS) is 30.7. The first-order chi connectivity index (χ1) is 28.2. The summed E-state index contributed by atoms with van der Waals surface area (Å²) in [6.45, 7) is 0.458. The van der Waals surface area contributed by atoms with Crippen LogP contribution in [0.1, 0.15) is 107 Å². The van der Waals surface area contributed by atoms with Crippen molar-refractivity contribution in [2.45, 2.75) is 107 Å². The van der Waals surface area contributed by atoms with Gasteiger partial charge in [-0.25, -0.2) is 0 Å². The van der Waals surface area contributed by atoms with Crippen LogP contribution in [0.5, 0.6) is 5.75 Å². The second-order valence-electron chi connectivity index (χ2n) is 18.7. The van der Waals surface area contributed by atoms with Crippen LogP contribution in [0.3, 0.4) is 0 Å². The van der Waals surface area contributed by atoms with Crippen LogP contribution in [0.25, 0.3) is 12.2 Å². The molecule has 6 aliphatic carbocycles. The van der Waals surface area contributed by atoms with E-state index in [1.54, 1.807) is 0 Å². The zero-order valence-electron chi connectivity index (χ0n) is 34.1. The van der Waals surface area contributed by atoms with E-state index in [9.17, 15) is 24.9 Å². The van der Waals surface area contributed by atoms with Crippen LogP contribution in [0.4, 0.5) is 0 Å². The highest BCUT2D eigenvalue weighted by Crippen LogP contribution is 2.56. The summed E-state index contributed by atoms with van der Waals surface area (Å²) < 4.78 is 0. The third-order valence-electron chi connectivity index (χ3n) is 15.5. The summed E-state index contributed by atoms with van der Waals surface area (Å²) in [6, 6.07) is 25.3. The van der Waals surface area contributed by atoms with Gasteiger partial charge in [-0.2, -0.15) is 0 Å². The number of aromatic hydroxyl groups is 1. The molecule has 0 heterocycles. The fraction of sp³-hybridized carbons (Fsp3) is 0.500. The topological polar surface area (TPSA) is 121 Å². The number of fused-ring (bicyclic) bond motifs is 6. The number of aliphatic hydroxyl groups is 1. The van der Waals surface area contributed by atoms with Gasteiger partial charge in [0.05, 0.1) is 12.5 Å². The van der Waals surface area contributed by atoms with Crippen molar-refractivity contribution in [2.24, 2.45) is 47.2 Å².